The summed E-state index contributed by atoms with van der Waals surface area (Å²) in [5.74, 6) is -2.29. The Balaban J connectivity index is 1.22. The first-order valence-corrected chi connectivity index (χ1v) is 20.7. The van der Waals surface area contributed by atoms with Crippen LogP contribution in [-0.4, -0.2) is 76.8 Å². The summed E-state index contributed by atoms with van der Waals surface area (Å²) < 4.78 is 4.82. The lowest BCUT2D eigenvalue weighted by molar-refractivity contribution is -0.172. The molecule has 3 heterocycles. The largest absolute Gasteiger partial charge is 0.480 e. The Hall–Kier alpha value is -4.74. The molecule has 2 aliphatic heterocycles. The fourth-order valence-corrected chi connectivity index (χ4v) is 9.11. The highest BCUT2D eigenvalue weighted by molar-refractivity contribution is 14.1. The third kappa shape index (κ3) is 7.87. The van der Waals surface area contributed by atoms with E-state index in [1.54, 1.807) is 32.4 Å². The van der Waals surface area contributed by atoms with E-state index >= 15 is 0 Å². The number of halogens is 1. The smallest absolute Gasteiger partial charge is 0.353 e. The Morgan fingerprint density at radius 2 is 1.53 bits per heavy atom. The maximum Gasteiger partial charge on any atom is 0.353 e. The van der Waals surface area contributed by atoms with Gasteiger partial charge in [0.2, 0.25) is 5.60 Å². The first-order valence-electron chi connectivity index (χ1n) is 17.5. The van der Waals surface area contributed by atoms with Crippen LogP contribution in [0.1, 0.15) is 56.0 Å². The Labute approximate surface area is 339 Å². The molecule has 0 radical (unpaired) electrons. The van der Waals surface area contributed by atoms with Crippen LogP contribution in [-0.2, 0) is 34.3 Å². The molecule has 3 aliphatic rings. The number of amides is 2. The molecule has 2 amide bonds. The minimum atomic E-state index is -1.34. The second-order valence-electron chi connectivity index (χ2n) is 14.3. The number of carboxylic acid groups (broad SMARTS) is 1. The number of benzene rings is 3. The lowest BCUT2D eigenvalue weighted by atomic mass is 9.77. The molecule has 0 spiro atoms. The van der Waals surface area contributed by atoms with Crippen LogP contribution in [0.25, 0.3) is 0 Å². The number of thiazole rings is 1. The number of esters is 1. The van der Waals surface area contributed by atoms with Crippen molar-refractivity contribution in [3.05, 3.63) is 131 Å². The summed E-state index contributed by atoms with van der Waals surface area (Å²) >= 11 is 4.46. The SMILES string of the molecule is CC(C)(C)OC(=O)C1(O/N=C(\C(=O)NC2C(=O)N3C=C(C(I)C(=O)O)CS[C@@H]23)c2csc(NC(c3ccccc3)(c3ccccc3)c3ccccc3)n2)CC1. The number of aromatic nitrogens is 1. The number of thioether (sulfide) groups is 1. The van der Waals surface area contributed by atoms with Crippen molar-refractivity contribution in [3.63, 3.8) is 0 Å². The number of carbonyl (C=O) groups excluding carboxylic acids is 3. The average Bonchev–Trinajstić information content (AvgIpc) is 3.85. The van der Waals surface area contributed by atoms with Crippen molar-refractivity contribution >= 4 is 80.3 Å². The molecule has 1 aliphatic carbocycles. The minimum absolute atomic E-state index is 0.171. The number of nitrogens with zero attached hydrogens (tertiary/aromatic N) is 3. The van der Waals surface area contributed by atoms with Gasteiger partial charge in [-0.15, -0.1) is 23.1 Å². The molecule has 1 saturated carbocycles. The molecule has 2 unspecified atom stereocenters. The molecule has 55 heavy (non-hydrogen) atoms. The highest BCUT2D eigenvalue weighted by atomic mass is 127. The van der Waals surface area contributed by atoms with Gasteiger partial charge in [0.05, 0.1) is 0 Å². The number of aliphatic carboxylic acids is 1. The van der Waals surface area contributed by atoms with Crippen LogP contribution in [0.2, 0.25) is 0 Å². The molecule has 4 aromatic rings. The lowest BCUT2D eigenvalue weighted by Gasteiger charge is -2.47. The molecule has 0 bridgehead atoms. The van der Waals surface area contributed by atoms with E-state index in [-0.39, 0.29) is 17.3 Å². The number of anilines is 1. The van der Waals surface area contributed by atoms with Crippen molar-refractivity contribution in [1.82, 2.24) is 15.2 Å². The summed E-state index contributed by atoms with van der Waals surface area (Å²) in [5.41, 5.74) is 0.424. The molecule has 3 aromatic carbocycles. The number of hydrogen-bond donors (Lipinski definition) is 3. The van der Waals surface area contributed by atoms with Crippen LogP contribution in [0, 0.1) is 0 Å². The number of oxime groups is 1. The highest BCUT2D eigenvalue weighted by Crippen LogP contribution is 2.43. The van der Waals surface area contributed by atoms with Gasteiger partial charge in [0, 0.05) is 30.2 Å². The molecule has 3 atom stereocenters. The number of carbonyl (C=O) groups is 4. The number of ether oxygens (including phenoxy) is 1. The summed E-state index contributed by atoms with van der Waals surface area (Å²) in [4.78, 5) is 64.3. The van der Waals surface area contributed by atoms with Crippen molar-refractivity contribution in [3.8, 4) is 0 Å². The average molecular weight is 892 g/mol. The highest BCUT2D eigenvalue weighted by Gasteiger charge is 2.57. The summed E-state index contributed by atoms with van der Waals surface area (Å²) in [6, 6.07) is 29.1. The molecule has 7 rings (SSSR count). The van der Waals surface area contributed by atoms with Gasteiger partial charge in [-0.2, -0.15) is 0 Å². The zero-order valence-corrected chi connectivity index (χ0v) is 33.9. The topological polar surface area (TPSA) is 160 Å². The number of fused-ring (bicyclic) bond motifs is 1. The number of carboxylic acids is 1. The summed E-state index contributed by atoms with van der Waals surface area (Å²) in [6.45, 7) is 5.28. The number of alkyl halides is 1. The minimum Gasteiger partial charge on any atom is -0.480 e. The normalized spacial score (nSPS) is 19.6. The van der Waals surface area contributed by atoms with Crippen molar-refractivity contribution in [2.24, 2.45) is 5.16 Å². The first kappa shape index (κ1) is 38.5. The fourth-order valence-electron chi connectivity index (χ4n) is 6.37. The van der Waals surface area contributed by atoms with Gasteiger partial charge in [0.25, 0.3) is 11.8 Å². The van der Waals surface area contributed by atoms with Crippen molar-refractivity contribution < 1.29 is 33.9 Å². The van der Waals surface area contributed by atoms with E-state index in [0.717, 1.165) is 16.7 Å². The number of hydrogen-bond acceptors (Lipinski definition) is 11. The standard InChI is InChI=1S/C40H38IN5O7S2/c1-38(2,3)52-36(51)39(19-20-39)53-45-30(32(47)43-31-33(48)46-21-24(22-54-34(31)46)29(41)35(49)50)28-23-55-37(42-28)44-40(25-13-7-4-8-14-25,26-15-9-5-10-16-26)27-17-11-6-12-18-27/h4-18,21,23,29,31,34H,19-20,22H2,1-3H3,(H,42,44)(H,43,47)(H,49,50)/b45-30-/t29?,31?,34-/m0/s1. The number of β-lactam (4-membered cyclic amide) rings is 1. The monoisotopic (exact) mass is 891 g/mol. The second-order valence-corrected chi connectivity index (χ2v) is 17.6. The lowest BCUT2D eigenvalue weighted by Crippen LogP contribution is -2.69. The molecule has 1 aromatic heterocycles. The van der Waals surface area contributed by atoms with Crippen molar-refractivity contribution in [2.75, 3.05) is 11.1 Å². The van der Waals surface area contributed by atoms with E-state index in [1.165, 1.54) is 28.0 Å². The van der Waals surface area contributed by atoms with E-state index in [2.05, 4.69) is 15.8 Å². The van der Waals surface area contributed by atoms with Crippen LogP contribution in [0.5, 0.6) is 0 Å². The van der Waals surface area contributed by atoms with E-state index in [9.17, 15) is 24.3 Å². The third-order valence-corrected chi connectivity index (χ3v) is 12.7. The Bertz CT molecular complexity index is 2060. The van der Waals surface area contributed by atoms with Crippen molar-refractivity contribution in [2.45, 2.75) is 65.7 Å². The molecular weight excluding hydrogens is 854 g/mol. The van der Waals surface area contributed by atoms with Gasteiger partial charge in [0.1, 0.15) is 32.2 Å². The van der Waals surface area contributed by atoms with Crippen LogP contribution in [0.4, 0.5) is 5.13 Å². The molecule has 284 valence electrons. The molecule has 1 saturated heterocycles. The van der Waals surface area contributed by atoms with Crippen LogP contribution in [0.15, 0.2) is 113 Å². The molecular formula is C40H38IN5O7S2. The van der Waals surface area contributed by atoms with E-state index in [4.69, 9.17) is 14.6 Å². The Morgan fingerprint density at radius 1 is 0.964 bits per heavy atom. The van der Waals surface area contributed by atoms with Gasteiger partial charge in [-0.25, -0.2) is 9.78 Å². The predicted octanol–water partition coefficient (Wildman–Crippen LogP) is 6.31. The molecule has 2 fully saturated rings. The number of nitrogens with one attached hydrogen (secondary N) is 2. The summed E-state index contributed by atoms with van der Waals surface area (Å²) in [5, 5.41) is 22.0. The van der Waals surface area contributed by atoms with Crippen LogP contribution < -0.4 is 10.6 Å². The zero-order chi connectivity index (χ0) is 39.0. The van der Waals surface area contributed by atoms with E-state index in [1.807, 2.05) is 114 Å². The van der Waals surface area contributed by atoms with Gasteiger partial charge in [-0.3, -0.25) is 14.4 Å². The van der Waals surface area contributed by atoms with Crippen molar-refractivity contribution in [1.29, 1.82) is 0 Å². The Morgan fingerprint density at radius 3 is 2.04 bits per heavy atom. The Kier molecular flexibility index (Phi) is 10.8. The molecule has 3 N–H and O–H groups in total. The third-order valence-electron chi connectivity index (χ3n) is 9.30. The van der Waals surface area contributed by atoms with Gasteiger partial charge in [-0.1, -0.05) is 119 Å². The maximum absolute atomic E-state index is 14.2. The summed E-state index contributed by atoms with van der Waals surface area (Å²) in [7, 11) is 0. The summed E-state index contributed by atoms with van der Waals surface area (Å²) in [6.07, 6.45) is 2.27. The second kappa shape index (κ2) is 15.4. The van der Waals surface area contributed by atoms with Gasteiger partial charge in [0.15, 0.2) is 10.8 Å². The van der Waals surface area contributed by atoms with Gasteiger partial charge in [-0.05, 0) is 43.0 Å². The van der Waals surface area contributed by atoms with Crippen LogP contribution >= 0.6 is 45.7 Å². The van der Waals surface area contributed by atoms with E-state index < -0.39 is 49.9 Å². The quantitative estimate of drug-likeness (QED) is 0.0264. The van der Waals surface area contributed by atoms with E-state index in [0.29, 0.717) is 29.3 Å². The molecule has 12 nitrogen and oxygen atoms in total. The van der Waals surface area contributed by atoms with Crippen LogP contribution in [0.3, 0.4) is 0 Å². The predicted molar refractivity (Wildman–Crippen MR) is 219 cm³/mol. The number of rotatable bonds is 13. The zero-order valence-electron chi connectivity index (χ0n) is 30.1. The maximum atomic E-state index is 14.2. The first-order chi connectivity index (χ1) is 26.3. The fraction of sp³-hybridized carbons (Fsp3) is 0.300. The van der Waals surface area contributed by atoms with Gasteiger partial charge < -0.3 is 30.2 Å². The molecule has 15 heteroatoms. The van der Waals surface area contributed by atoms with Gasteiger partial charge >= 0.3 is 11.9 Å².